The lowest BCUT2D eigenvalue weighted by atomic mass is 9.82. The van der Waals surface area contributed by atoms with Gasteiger partial charge in [-0.2, -0.15) is 0 Å². The summed E-state index contributed by atoms with van der Waals surface area (Å²) in [5, 5.41) is 9.11. The fourth-order valence-electron chi connectivity index (χ4n) is 1.65. The summed E-state index contributed by atoms with van der Waals surface area (Å²) < 4.78 is 0. The molecule has 1 rings (SSSR count). The SMILES string of the molecule is CC(C)(C)c1cccc(C(=O)O)c1C=CCl. The molecule has 0 heterocycles. The van der Waals surface area contributed by atoms with Gasteiger partial charge in [0.05, 0.1) is 5.56 Å². The minimum absolute atomic E-state index is 0.114. The lowest BCUT2D eigenvalue weighted by Crippen LogP contribution is -2.15. The van der Waals surface area contributed by atoms with Crippen molar-refractivity contribution in [3.05, 3.63) is 40.4 Å². The average molecular weight is 239 g/mol. The molecule has 1 aromatic carbocycles. The Hall–Kier alpha value is -1.28. The predicted octanol–water partition coefficient (Wildman–Crippen LogP) is 3.89. The van der Waals surface area contributed by atoms with Gasteiger partial charge in [-0.05, 0) is 28.7 Å². The molecule has 0 amide bonds. The third kappa shape index (κ3) is 2.64. The largest absolute Gasteiger partial charge is 0.478 e. The molecule has 0 saturated carbocycles. The van der Waals surface area contributed by atoms with E-state index in [1.54, 1.807) is 18.2 Å². The number of halogens is 1. The lowest BCUT2D eigenvalue weighted by Gasteiger charge is -2.22. The van der Waals surface area contributed by atoms with Crippen molar-refractivity contribution < 1.29 is 9.90 Å². The standard InChI is InChI=1S/C13H15ClO2/c1-13(2,3)11-6-4-5-10(12(15)16)9(11)7-8-14/h4-8H,1-3H3,(H,15,16). The molecule has 16 heavy (non-hydrogen) atoms. The van der Waals surface area contributed by atoms with Crippen LogP contribution < -0.4 is 0 Å². The first-order chi connectivity index (χ1) is 7.38. The van der Waals surface area contributed by atoms with E-state index in [9.17, 15) is 4.79 Å². The fraction of sp³-hybridized carbons (Fsp3) is 0.308. The smallest absolute Gasteiger partial charge is 0.336 e. The summed E-state index contributed by atoms with van der Waals surface area (Å²) in [4.78, 5) is 11.1. The summed E-state index contributed by atoms with van der Waals surface area (Å²) in [7, 11) is 0. The van der Waals surface area contributed by atoms with Crippen molar-refractivity contribution in [2.45, 2.75) is 26.2 Å². The Balaban J connectivity index is 3.51. The molecule has 0 saturated heterocycles. The van der Waals surface area contributed by atoms with Crippen molar-refractivity contribution in [3.63, 3.8) is 0 Å². The Morgan fingerprint density at radius 1 is 1.38 bits per heavy atom. The molecule has 0 aliphatic carbocycles. The maximum absolute atomic E-state index is 11.1. The Morgan fingerprint density at radius 2 is 2.00 bits per heavy atom. The molecule has 1 N–H and O–H groups in total. The minimum atomic E-state index is -0.934. The highest BCUT2D eigenvalue weighted by Crippen LogP contribution is 2.29. The number of aromatic carboxylic acids is 1. The molecule has 1 aromatic rings. The molecule has 0 atom stereocenters. The highest BCUT2D eigenvalue weighted by molar-refractivity contribution is 6.27. The Kier molecular flexibility index (Phi) is 3.76. The molecule has 0 unspecified atom stereocenters. The molecule has 0 spiro atoms. The first-order valence-electron chi connectivity index (χ1n) is 5.01. The molecule has 2 nitrogen and oxygen atoms in total. The van der Waals surface area contributed by atoms with Gasteiger partial charge < -0.3 is 5.11 Å². The molecule has 0 aromatic heterocycles. The minimum Gasteiger partial charge on any atom is -0.478 e. The summed E-state index contributed by atoms with van der Waals surface area (Å²) in [5.41, 5.74) is 3.17. The topological polar surface area (TPSA) is 37.3 Å². The third-order valence-electron chi connectivity index (χ3n) is 2.37. The van der Waals surface area contributed by atoms with Crippen LogP contribution in [-0.2, 0) is 5.41 Å². The second-order valence-electron chi connectivity index (χ2n) is 4.61. The molecule has 86 valence electrons. The third-order valence-corrected chi connectivity index (χ3v) is 2.50. The zero-order valence-corrected chi connectivity index (χ0v) is 10.4. The number of carboxylic acid groups (broad SMARTS) is 1. The van der Waals surface area contributed by atoms with Crippen LogP contribution in [0.3, 0.4) is 0 Å². The monoisotopic (exact) mass is 238 g/mol. The zero-order valence-electron chi connectivity index (χ0n) is 9.62. The summed E-state index contributed by atoms with van der Waals surface area (Å²) in [6.07, 6.45) is 1.63. The highest BCUT2D eigenvalue weighted by Gasteiger charge is 2.20. The van der Waals surface area contributed by atoms with Crippen LogP contribution in [0.25, 0.3) is 6.08 Å². The summed E-state index contributed by atoms with van der Waals surface area (Å²) in [6.45, 7) is 6.12. The van der Waals surface area contributed by atoms with Crippen molar-refractivity contribution in [3.8, 4) is 0 Å². The van der Waals surface area contributed by atoms with Crippen LogP contribution in [0.15, 0.2) is 23.7 Å². The Bertz CT molecular complexity index is 428. The number of hydrogen-bond donors (Lipinski definition) is 1. The predicted molar refractivity (Wildman–Crippen MR) is 67.0 cm³/mol. The summed E-state index contributed by atoms with van der Waals surface area (Å²) in [5.74, 6) is -0.934. The quantitative estimate of drug-likeness (QED) is 0.849. The van der Waals surface area contributed by atoms with Crippen LogP contribution in [0.1, 0.15) is 42.3 Å². The second-order valence-corrected chi connectivity index (χ2v) is 4.87. The average Bonchev–Trinajstić information content (AvgIpc) is 2.16. The molecule has 0 fully saturated rings. The molecule has 3 heteroatoms. The van der Waals surface area contributed by atoms with Crippen LogP contribution in [0.2, 0.25) is 0 Å². The van der Waals surface area contributed by atoms with Crippen molar-refractivity contribution in [2.24, 2.45) is 0 Å². The molecule has 0 aliphatic rings. The number of carbonyl (C=O) groups is 1. The van der Waals surface area contributed by atoms with Gasteiger partial charge in [-0.1, -0.05) is 44.5 Å². The van der Waals surface area contributed by atoms with Gasteiger partial charge in [-0.3, -0.25) is 0 Å². The Labute approximate surface area is 101 Å². The van der Waals surface area contributed by atoms with Crippen LogP contribution in [0.5, 0.6) is 0 Å². The number of hydrogen-bond acceptors (Lipinski definition) is 1. The maximum atomic E-state index is 11.1. The van der Waals surface area contributed by atoms with Crippen molar-refractivity contribution >= 4 is 23.6 Å². The van der Waals surface area contributed by atoms with Crippen LogP contribution in [0, 0.1) is 0 Å². The van der Waals surface area contributed by atoms with E-state index >= 15 is 0 Å². The second kappa shape index (κ2) is 4.71. The van der Waals surface area contributed by atoms with Gasteiger partial charge in [0.1, 0.15) is 0 Å². The van der Waals surface area contributed by atoms with Gasteiger partial charge in [0.15, 0.2) is 0 Å². The van der Waals surface area contributed by atoms with Crippen molar-refractivity contribution in [1.82, 2.24) is 0 Å². The van der Waals surface area contributed by atoms with E-state index in [1.165, 1.54) is 5.54 Å². The first-order valence-corrected chi connectivity index (χ1v) is 5.45. The normalized spacial score (nSPS) is 12.0. The van der Waals surface area contributed by atoms with E-state index in [0.717, 1.165) is 5.56 Å². The van der Waals surface area contributed by atoms with Crippen LogP contribution >= 0.6 is 11.6 Å². The van der Waals surface area contributed by atoms with E-state index < -0.39 is 5.97 Å². The highest BCUT2D eigenvalue weighted by atomic mass is 35.5. The van der Waals surface area contributed by atoms with Crippen molar-refractivity contribution in [1.29, 1.82) is 0 Å². The van der Waals surface area contributed by atoms with Gasteiger partial charge in [0.2, 0.25) is 0 Å². The summed E-state index contributed by atoms with van der Waals surface area (Å²) >= 11 is 5.56. The van der Waals surface area contributed by atoms with Gasteiger partial charge in [-0.15, -0.1) is 0 Å². The Morgan fingerprint density at radius 3 is 2.44 bits per heavy atom. The van der Waals surface area contributed by atoms with Crippen molar-refractivity contribution in [2.75, 3.05) is 0 Å². The molecule has 0 aliphatic heterocycles. The van der Waals surface area contributed by atoms with Gasteiger partial charge in [0, 0.05) is 5.54 Å². The first kappa shape index (κ1) is 12.8. The van der Waals surface area contributed by atoms with Crippen LogP contribution in [0.4, 0.5) is 0 Å². The van der Waals surface area contributed by atoms with E-state index in [2.05, 4.69) is 0 Å². The van der Waals surface area contributed by atoms with E-state index in [0.29, 0.717) is 5.56 Å². The zero-order chi connectivity index (χ0) is 12.3. The number of carboxylic acids is 1. The lowest BCUT2D eigenvalue weighted by molar-refractivity contribution is 0.0696. The fourth-order valence-corrected chi connectivity index (χ4v) is 1.77. The van der Waals surface area contributed by atoms with E-state index in [4.69, 9.17) is 16.7 Å². The van der Waals surface area contributed by atoms with Gasteiger partial charge in [-0.25, -0.2) is 4.79 Å². The van der Waals surface area contributed by atoms with Crippen LogP contribution in [-0.4, -0.2) is 11.1 Å². The van der Waals surface area contributed by atoms with Gasteiger partial charge >= 0.3 is 5.97 Å². The van der Waals surface area contributed by atoms with Gasteiger partial charge in [0.25, 0.3) is 0 Å². The maximum Gasteiger partial charge on any atom is 0.336 e. The molecule has 0 bridgehead atoms. The molecule has 0 radical (unpaired) electrons. The molecular weight excluding hydrogens is 224 g/mol. The number of rotatable bonds is 2. The van der Waals surface area contributed by atoms with E-state index in [-0.39, 0.29) is 11.0 Å². The number of benzene rings is 1. The van der Waals surface area contributed by atoms with E-state index in [1.807, 2.05) is 26.8 Å². The molecular formula is C13H15ClO2. The summed E-state index contributed by atoms with van der Waals surface area (Å²) in [6, 6.07) is 5.28.